The molecular weight excluding hydrogens is 196 g/mol. The van der Waals surface area contributed by atoms with Crippen LogP contribution in [-0.4, -0.2) is 22.6 Å². The van der Waals surface area contributed by atoms with Gasteiger partial charge in [0.1, 0.15) is 5.60 Å². The number of hydrogen-bond donors (Lipinski definition) is 1. The van der Waals surface area contributed by atoms with Gasteiger partial charge in [-0.25, -0.2) is 9.59 Å². The molecule has 0 unspecified atom stereocenters. The number of carboxylic acid groups (broad SMARTS) is 1. The number of esters is 1. The molecule has 4 nitrogen and oxygen atoms in total. The van der Waals surface area contributed by atoms with Gasteiger partial charge in [-0.05, 0) is 26.2 Å². The van der Waals surface area contributed by atoms with Crippen LogP contribution >= 0.6 is 0 Å². The Balaban J connectivity index is 4.21. The van der Waals surface area contributed by atoms with Crippen LogP contribution in [0.5, 0.6) is 0 Å². The van der Waals surface area contributed by atoms with E-state index in [0.29, 0.717) is 5.92 Å². The van der Waals surface area contributed by atoms with Crippen molar-refractivity contribution in [3.8, 4) is 0 Å². The fraction of sp³-hybridized carbons (Fsp3) is 0.636. The highest BCUT2D eigenvalue weighted by molar-refractivity contribution is 5.90. The summed E-state index contributed by atoms with van der Waals surface area (Å²) in [6.07, 6.45) is 2.43. The first kappa shape index (κ1) is 13.7. The Kier molecular flexibility index (Phi) is 5.05. The zero-order chi connectivity index (χ0) is 12.1. The summed E-state index contributed by atoms with van der Waals surface area (Å²) in [6.45, 7) is 7.67. The quantitative estimate of drug-likeness (QED) is 0.561. The number of ether oxygens (including phenoxy) is 1. The number of carbonyl (C=O) groups excluding carboxylic acids is 1. The second-order valence-electron chi connectivity index (χ2n) is 4.45. The maximum atomic E-state index is 11.2. The summed E-state index contributed by atoms with van der Waals surface area (Å²) >= 11 is 0. The molecule has 0 aliphatic carbocycles. The van der Waals surface area contributed by atoms with Crippen LogP contribution in [0, 0.1) is 5.92 Å². The summed E-state index contributed by atoms with van der Waals surface area (Å²) in [6, 6.07) is 0. The molecule has 0 aliphatic rings. The minimum atomic E-state index is -1.16. The lowest BCUT2D eigenvalue weighted by atomic mass is 9.96. The average Bonchev–Trinajstić information content (AvgIpc) is 1.96. The maximum Gasteiger partial charge on any atom is 0.331 e. The van der Waals surface area contributed by atoms with Crippen molar-refractivity contribution in [2.75, 3.05) is 0 Å². The molecule has 4 heteroatoms. The molecule has 0 heterocycles. The summed E-state index contributed by atoms with van der Waals surface area (Å²) < 4.78 is 5.11. The molecule has 0 rings (SSSR count). The molecule has 0 atom stereocenters. The third kappa shape index (κ3) is 7.73. The lowest BCUT2D eigenvalue weighted by Crippen LogP contribution is -2.29. The van der Waals surface area contributed by atoms with Gasteiger partial charge in [0.05, 0.1) is 0 Å². The van der Waals surface area contributed by atoms with Gasteiger partial charge in [-0.1, -0.05) is 13.8 Å². The molecule has 0 bridgehead atoms. The number of aliphatic carboxylic acids is 1. The van der Waals surface area contributed by atoms with Crippen LogP contribution in [-0.2, 0) is 14.3 Å². The Morgan fingerprint density at radius 1 is 1.33 bits per heavy atom. The van der Waals surface area contributed by atoms with Crippen molar-refractivity contribution in [3.05, 3.63) is 12.2 Å². The van der Waals surface area contributed by atoms with Crippen molar-refractivity contribution in [1.29, 1.82) is 0 Å². The topological polar surface area (TPSA) is 63.6 Å². The fourth-order valence-corrected chi connectivity index (χ4v) is 1.47. The van der Waals surface area contributed by atoms with Crippen molar-refractivity contribution in [1.82, 2.24) is 0 Å². The molecule has 15 heavy (non-hydrogen) atoms. The summed E-state index contributed by atoms with van der Waals surface area (Å²) in [4.78, 5) is 21.3. The minimum absolute atomic E-state index is 0.413. The van der Waals surface area contributed by atoms with Gasteiger partial charge in [0.25, 0.3) is 0 Å². The average molecular weight is 214 g/mol. The number of hydrogen-bond acceptors (Lipinski definition) is 3. The summed E-state index contributed by atoms with van der Waals surface area (Å²) in [7, 11) is 0. The summed E-state index contributed by atoms with van der Waals surface area (Å²) in [5, 5.41) is 8.31. The van der Waals surface area contributed by atoms with E-state index in [0.717, 1.165) is 18.6 Å². The van der Waals surface area contributed by atoms with E-state index < -0.39 is 17.5 Å². The molecule has 0 amide bonds. The Bertz CT molecular complexity index is 264. The van der Waals surface area contributed by atoms with E-state index in [1.165, 1.54) is 0 Å². The van der Waals surface area contributed by atoms with E-state index in [2.05, 4.69) is 0 Å². The van der Waals surface area contributed by atoms with Crippen molar-refractivity contribution in [2.24, 2.45) is 5.92 Å². The van der Waals surface area contributed by atoms with Gasteiger partial charge in [-0.2, -0.15) is 0 Å². The van der Waals surface area contributed by atoms with Gasteiger partial charge in [-0.15, -0.1) is 0 Å². The molecule has 86 valence electrons. The Morgan fingerprint density at radius 3 is 2.27 bits per heavy atom. The predicted molar refractivity (Wildman–Crippen MR) is 56.4 cm³/mol. The van der Waals surface area contributed by atoms with Gasteiger partial charge in [-0.3, -0.25) is 0 Å². The lowest BCUT2D eigenvalue weighted by molar-refractivity contribution is -0.151. The summed E-state index contributed by atoms with van der Waals surface area (Å²) in [5.74, 6) is -1.37. The molecule has 0 aromatic carbocycles. The number of carbonyl (C=O) groups is 2. The van der Waals surface area contributed by atoms with Crippen LogP contribution in [0.15, 0.2) is 12.2 Å². The number of carboxylic acids is 1. The van der Waals surface area contributed by atoms with Crippen molar-refractivity contribution < 1.29 is 19.4 Å². The van der Waals surface area contributed by atoms with Crippen LogP contribution in [0.2, 0.25) is 0 Å². The lowest BCUT2D eigenvalue weighted by Gasteiger charge is -2.26. The van der Waals surface area contributed by atoms with E-state index in [4.69, 9.17) is 9.84 Å². The number of rotatable bonds is 5. The predicted octanol–water partition coefficient (Wildman–Crippen LogP) is 2.00. The second kappa shape index (κ2) is 5.53. The molecule has 0 aliphatic heterocycles. The highest BCUT2D eigenvalue weighted by atomic mass is 16.6. The van der Waals surface area contributed by atoms with E-state index in [9.17, 15) is 9.59 Å². The largest absolute Gasteiger partial charge is 0.478 e. The van der Waals surface area contributed by atoms with Crippen LogP contribution < -0.4 is 0 Å². The van der Waals surface area contributed by atoms with Crippen LogP contribution in [0.4, 0.5) is 0 Å². The Morgan fingerprint density at radius 2 is 1.87 bits per heavy atom. The third-order valence-corrected chi connectivity index (χ3v) is 1.64. The zero-order valence-electron chi connectivity index (χ0n) is 9.61. The van der Waals surface area contributed by atoms with Crippen LogP contribution in [0.1, 0.15) is 34.1 Å². The fourth-order valence-electron chi connectivity index (χ4n) is 1.47. The van der Waals surface area contributed by atoms with Gasteiger partial charge < -0.3 is 9.84 Å². The molecule has 0 radical (unpaired) electrons. The van der Waals surface area contributed by atoms with Gasteiger partial charge in [0, 0.05) is 12.2 Å². The zero-order valence-corrected chi connectivity index (χ0v) is 9.61. The van der Waals surface area contributed by atoms with E-state index in [-0.39, 0.29) is 0 Å². The van der Waals surface area contributed by atoms with E-state index >= 15 is 0 Å². The van der Waals surface area contributed by atoms with Crippen molar-refractivity contribution >= 4 is 11.9 Å². The maximum absolute atomic E-state index is 11.2. The third-order valence-electron chi connectivity index (χ3n) is 1.64. The van der Waals surface area contributed by atoms with Crippen LogP contribution in [0.25, 0.3) is 0 Å². The molecule has 0 spiro atoms. The molecule has 0 saturated heterocycles. The molecule has 0 aromatic rings. The Labute approximate surface area is 89.9 Å². The minimum Gasteiger partial charge on any atom is -0.478 e. The van der Waals surface area contributed by atoms with Gasteiger partial charge in [0.2, 0.25) is 0 Å². The van der Waals surface area contributed by atoms with Crippen LogP contribution in [0.3, 0.4) is 0 Å². The summed E-state index contributed by atoms with van der Waals surface area (Å²) in [5.41, 5.74) is -0.561. The van der Waals surface area contributed by atoms with Gasteiger partial charge >= 0.3 is 11.9 Å². The van der Waals surface area contributed by atoms with E-state index in [1.807, 2.05) is 13.8 Å². The Hall–Kier alpha value is -1.32. The smallest absolute Gasteiger partial charge is 0.331 e. The highest BCUT2D eigenvalue weighted by Gasteiger charge is 2.22. The van der Waals surface area contributed by atoms with Crippen molar-refractivity contribution in [3.63, 3.8) is 0 Å². The first-order chi connectivity index (χ1) is 6.73. The van der Waals surface area contributed by atoms with Gasteiger partial charge in [0.15, 0.2) is 0 Å². The first-order valence-electron chi connectivity index (χ1n) is 4.87. The standard InChI is InChI=1S/C11H18O4/c1-8(2)7-11(3,4)15-10(14)6-5-9(12)13/h5-6,8H,7H2,1-4H3,(H,12,13)/b6-5+. The highest BCUT2D eigenvalue weighted by Crippen LogP contribution is 2.20. The van der Waals surface area contributed by atoms with E-state index in [1.54, 1.807) is 13.8 Å². The first-order valence-corrected chi connectivity index (χ1v) is 4.87. The molecule has 0 aromatic heterocycles. The molecular formula is C11H18O4. The molecule has 1 N–H and O–H groups in total. The monoisotopic (exact) mass is 214 g/mol. The molecule has 0 saturated carbocycles. The van der Waals surface area contributed by atoms with Crippen molar-refractivity contribution in [2.45, 2.75) is 39.7 Å². The normalized spacial score (nSPS) is 12.1. The second-order valence-corrected chi connectivity index (χ2v) is 4.45. The molecule has 0 fully saturated rings. The SMILES string of the molecule is CC(C)CC(C)(C)OC(=O)/C=C/C(=O)O.